The molecule has 1 heterocycles. The number of anilines is 1. The lowest BCUT2D eigenvalue weighted by molar-refractivity contribution is 0.340. The van der Waals surface area contributed by atoms with Crippen molar-refractivity contribution < 1.29 is 4.74 Å². The summed E-state index contributed by atoms with van der Waals surface area (Å²) < 4.78 is 5.53. The van der Waals surface area contributed by atoms with Gasteiger partial charge in [0, 0.05) is 37.4 Å². The van der Waals surface area contributed by atoms with Crippen LogP contribution in [0.2, 0.25) is 0 Å². The van der Waals surface area contributed by atoms with Crippen LogP contribution in [0.1, 0.15) is 13.8 Å². The fraction of sp³-hybridized carbons (Fsp3) is 0.538. The highest BCUT2D eigenvalue weighted by Crippen LogP contribution is 2.23. The maximum Gasteiger partial charge on any atom is 0.121 e. The van der Waals surface area contributed by atoms with Crippen molar-refractivity contribution in [3.8, 4) is 5.75 Å². The lowest BCUT2D eigenvalue weighted by atomic mass is 10.2. The van der Waals surface area contributed by atoms with Gasteiger partial charge in [-0.3, -0.25) is 0 Å². The molecule has 0 aromatic heterocycles. The fourth-order valence-electron chi connectivity index (χ4n) is 2.14. The van der Waals surface area contributed by atoms with Crippen molar-refractivity contribution in [2.24, 2.45) is 0 Å². The average molecular weight is 293 g/mol. The van der Waals surface area contributed by atoms with Crippen LogP contribution in [-0.2, 0) is 0 Å². The second-order valence-corrected chi connectivity index (χ2v) is 4.18. The minimum atomic E-state index is 0. The summed E-state index contributed by atoms with van der Waals surface area (Å²) in [6.45, 7) is 8.17. The van der Waals surface area contributed by atoms with Crippen molar-refractivity contribution in [2.45, 2.75) is 19.9 Å². The Kier molecular flexibility index (Phi) is 8.16. The average Bonchev–Trinajstić information content (AvgIpc) is 2.30. The minimum absolute atomic E-state index is 0. The Morgan fingerprint density at radius 2 is 2.17 bits per heavy atom. The molecule has 1 fully saturated rings. The van der Waals surface area contributed by atoms with Crippen molar-refractivity contribution in [1.82, 2.24) is 5.32 Å². The molecule has 3 nitrogen and oxygen atoms in total. The lowest BCUT2D eigenvalue weighted by Gasteiger charge is -2.36. The molecule has 1 aromatic carbocycles. The zero-order valence-corrected chi connectivity index (χ0v) is 12.5. The van der Waals surface area contributed by atoms with Gasteiger partial charge in [-0.1, -0.05) is 6.07 Å². The number of piperazine rings is 1. The number of rotatable bonds is 3. The van der Waals surface area contributed by atoms with E-state index in [0.29, 0.717) is 6.04 Å². The first-order valence-electron chi connectivity index (χ1n) is 6.01. The van der Waals surface area contributed by atoms with Crippen LogP contribution in [0.3, 0.4) is 0 Å². The molecule has 5 heteroatoms. The van der Waals surface area contributed by atoms with Crippen LogP contribution < -0.4 is 15.0 Å². The molecule has 2 rings (SSSR count). The van der Waals surface area contributed by atoms with E-state index in [1.807, 2.05) is 13.0 Å². The molecular formula is C13H22Cl2N2O. The van der Waals surface area contributed by atoms with E-state index in [0.717, 1.165) is 32.0 Å². The summed E-state index contributed by atoms with van der Waals surface area (Å²) in [6.07, 6.45) is 0. The van der Waals surface area contributed by atoms with Crippen molar-refractivity contribution >= 4 is 30.5 Å². The van der Waals surface area contributed by atoms with Crippen molar-refractivity contribution in [2.75, 3.05) is 31.1 Å². The summed E-state index contributed by atoms with van der Waals surface area (Å²) in [4.78, 5) is 2.43. The molecule has 18 heavy (non-hydrogen) atoms. The van der Waals surface area contributed by atoms with Crippen molar-refractivity contribution in [1.29, 1.82) is 0 Å². The second-order valence-electron chi connectivity index (χ2n) is 4.18. The predicted octanol–water partition coefficient (Wildman–Crippen LogP) is 2.73. The summed E-state index contributed by atoms with van der Waals surface area (Å²) in [5.74, 6) is 0.964. The van der Waals surface area contributed by atoms with E-state index in [2.05, 4.69) is 35.3 Å². The normalized spacial score (nSPS) is 18.6. The first kappa shape index (κ1) is 17.4. The maximum absolute atomic E-state index is 5.53. The van der Waals surface area contributed by atoms with Gasteiger partial charge in [0.1, 0.15) is 5.75 Å². The standard InChI is InChI=1S/C13H20N2O.2ClH/c1-3-16-13-6-4-5-12(9-13)15-8-7-14-10-11(15)2;;/h4-6,9,11,14H,3,7-8,10H2,1-2H3;2*1H. The highest BCUT2D eigenvalue weighted by Gasteiger charge is 2.18. The number of ether oxygens (including phenoxy) is 1. The molecule has 1 unspecified atom stereocenters. The van der Waals surface area contributed by atoms with Crippen molar-refractivity contribution in [3.05, 3.63) is 24.3 Å². The lowest BCUT2D eigenvalue weighted by Crippen LogP contribution is -2.49. The zero-order valence-electron chi connectivity index (χ0n) is 10.9. The van der Waals surface area contributed by atoms with Gasteiger partial charge in [-0.05, 0) is 26.0 Å². The topological polar surface area (TPSA) is 24.5 Å². The van der Waals surface area contributed by atoms with Crippen LogP contribution in [0.25, 0.3) is 0 Å². The Labute approximate surface area is 122 Å². The molecule has 0 radical (unpaired) electrons. The van der Waals surface area contributed by atoms with Crippen LogP contribution in [0.4, 0.5) is 5.69 Å². The van der Waals surface area contributed by atoms with Gasteiger partial charge in [-0.15, -0.1) is 24.8 Å². The Morgan fingerprint density at radius 1 is 1.39 bits per heavy atom. The van der Waals surface area contributed by atoms with E-state index < -0.39 is 0 Å². The molecular weight excluding hydrogens is 271 g/mol. The first-order chi connectivity index (χ1) is 7.81. The van der Waals surface area contributed by atoms with E-state index in [1.165, 1.54) is 5.69 Å². The van der Waals surface area contributed by atoms with Crippen LogP contribution in [0.15, 0.2) is 24.3 Å². The van der Waals surface area contributed by atoms with E-state index in [1.54, 1.807) is 0 Å². The molecule has 0 aliphatic carbocycles. The predicted molar refractivity (Wildman–Crippen MR) is 81.8 cm³/mol. The maximum atomic E-state index is 5.53. The number of hydrogen-bond donors (Lipinski definition) is 1. The van der Waals surface area contributed by atoms with Crippen LogP contribution in [-0.4, -0.2) is 32.3 Å². The molecule has 0 bridgehead atoms. The summed E-state index contributed by atoms with van der Waals surface area (Å²) in [6, 6.07) is 8.91. The Balaban J connectivity index is 0.00000144. The highest BCUT2D eigenvalue weighted by molar-refractivity contribution is 5.85. The monoisotopic (exact) mass is 292 g/mol. The van der Waals surface area contributed by atoms with Gasteiger partial charge in [-0.25, -0.2) is 0 Å². The molecule has 104 valence electrons. The third-order valence-electron chi connectivity index (χ3n) is 2.96. The van der Waals surface area contributed by atoms with Gasteiger partial charge in [0.15, 0.2) is 0 Å². The van der Waals surface area contributed by atoms with E-state index in [4.69, 9.17) is 4.74 Å². The highest BCUT2D eigenvalue weighted by atomic mass is 35.5. The summed E-state index contributed by atoms with van der Waals surface area (Å²) >= 11 is 0. The molecule has 1 aliphatic rings. The van der Waals surface area contributed by atoms with E-state index in [-0.39, 0.29) is 24.8 Å². The Morgan fingerprint density at radius 3 is 2.83 bits per heavy atom. The van der Waals surface area contributed by atoms with Gasteiger partial charge in [0.2, 0.25) is 0 Å². The van der Waals surface area contributed by atoms with E-state index >= 15 is 0 Å². The van der Waals surface area contributed by atoms with Gasteiger partial charge in [0.25, 0.3) is 0 Å². The van der Waals surface area contributed by atoms with Crippen LogP contribution in [0, 0.1) is 0 Å². The molecule has 1 N–H and O–H groups in total. The Hall–Kier alpha value is -0.640. The SMILES string of the molecule is CCOc1cccc(N2CCNCC2C)c1.Cl.Cl. The number of halogens is 2. The van der Waals surface area contributed by atoms with Crippen LogP contribution >= 0.6 is 24.8 Å². The summed E-state index contributed by atoms with van der Waals surface area (Å²) in [7, 11) is 0. The molecule has 0 spiro atoms. The van der Waals surface area contributed by atoms with Crippen molar-refractivity contribution in [3.63, 3.8) is 0 Å². The number of nitrogens with zero attached hydrogens (tertiary/aromatic N) is 1. The van der Waals surface area contributed by atoms with Gasteiger partial charge >= 0.3 is 0 Å². The Bertz CT molecular complexity index is 350. The number of benzene rings is 1. The first-order valence-corrected chi connectivity index (χ1v) is 6.01. The summed E-state index contributed by atoms with van der Waals surface area (Å²) in [5, 5.41) is 3.40. The zero-order chi connectivity index (χ0) is 11.4. The summed E-state index contributed by atoms with van der Waals surface area (Å²) in [5.41, 5.74) is 1.26. The largest absolute Gasteiger partial charge is 0.494 e. The molecule has 1 aromatic rings. The number of hydrogen-bond acceptors (Lipinski definition) is 3. The molecule has 0 saturated carbocycles. The third kappa shape index (κ3) is 4.23. The second kappa shape index (κ2) is 8.46. The molecule has 1 atom stereocenters. The molecule has 1 aliphatic heterocycles. The number of nitrogens with one attached hydrogen (secondary N) is 1. The molecule has 0 amide bonds. The van der Waals surface area contributed by atoms with Gasteiger partial charge in [-0.2, -0.15) is 0 Å². The van der Waals surface area contributed by atoms with E-state index in [9.17, 15) is 0 Å². The molecule has 1 saturated heterocycles. The van der Waals surface area contributed by atoms with Crippen LogP contribution in [0.5, 0.6) is 5.75 Å². The van der Waals surface area contributed by atoms with Gasteiger partial charge in [0.05, 0.1) is 6.61 Å². The van der Waals surface area contributed by atoms with Gasteiger partial charge < -0.3 is 15.0 Å². The minimum Gasteiger partial charge on any atom is -0.494 e. The smallest absolute Gasteiger partial charge is 0.121 e. The fourth-order valence-corrected chi connectivity index (χ4v) is 2.14. The third-order valence-corrected chi connectivity index (χ3v) is 2.96. The quantitative estimate of drug-likeness (QED) is 0.927.